The Bertz CT molecular complexity index is 368. The molecule has 0 N–H and O–H groups in total. The van der Waals surface area contributed by atoms with E-state index in [0.29, 0.717) is 0 Å². The smallest absolute Gasteiger partial charge is 0.180 e. The summed E-state index contributed by atoms with van der Waals surface area (Å²) >= 11 is 0. The number of carbonyl (C=O) groups is 2. The molecule has 13 heavy (non-hydrogen) atoms. The third kappa shape index (κ3) is 0.559. The van der Waals surface area contributed by atoms with Crippen LogP contribution in [0.3, 0.4) is 0 Å². The molecule has 2 heteroatoms. The minimum absolute atomic E-state index is 0.0121. The van der Waals surface area contributed by atoms with Gasteiger partial charge in [0.2, 0.25) is 0 Å². The predicted molar refractivity (Wildman–Crippen MR) is 49.2 cm³/mol. The van der Waals surface area contributed by atoms with Crippen LogP contribution in [0, 0.1) is 5.41 Å². The Labute approximate surface area is 77.3 Å². The summed E-state index contributed by atoms with van der Waals surface area (Å²) in [6.45, 7) is 7.34. The molecule has 0 aliphatic heterocycles. The molecule has 2 aliphatic carbocycles. The molecule has 0 heterocycles. The molecule has 0 aromatic carbocycles. The average Bonchev–Trinajstić information content (AvgIpc) is 2.16. The van der Waals surface area contributed by atoms with Crippen molar-refractivity contribution in [1.29, 1.82) is 0 Å². The lowest BCUT2D eigenvalue weighted by Gasteiger charge is -2.48. The molecule has 2 aliphatic rings. The first-order chi connectivity index (χ1) is 5.95. The Morgan fingerprint density at radius 2 is 1.08 bits per heavy atom. The Kier molecular flexibility index (Phi) is 1.30. The van der Waals surface area contributed by atoms with E-state index < -0.39 is 5.41 Å². The van der Waals surface area contributed by atoms with Crippen molar-refractivity contribution < 1.29 is 9.59 Å². The van der Waals surface area contributed by atoms with Crippen molar-refractivity contribution in [3.05, 3.63) is 22.3 Å². The number of ketones is 2. The van der Waals surface area contributed by atoms with Crippen molar-refractivity contribution in [1.82, 2.24) is 0 Å². The molecule has 0 radical (unpaired) electrons. The van der Waals surface area contributed by atoms with Crippen molar-refractivity contribution in [3.8, 4) is 0 Å². The van der Waals surface area contributed by atoms with Crippen LogP contribution in [-0.4, -0.2) is 11.6 Å². The van der Waals surface area contributed by atoms with Gasteiger partial charge in [0.05, 0.1) is 0 Å². The molecule has 2 nitrogen and oxygen atoms in total. The summed E-state index contributed by atoms with van der Waals surface area (Å²) in [5.41, 5.74) is 2.63. The normalized spacial score (nSPS) is 25.2. The molecule has 0 aromatic rings. The second-order valence-electron chi connectivity index (χ2n) is 3.91. The molecule has 0 bridgehead atoms. The summed E-state index contributed by atoms with van der Waals surface area (Å²) in [6, 6.07) is 0. The van der Waals surface area contributed by atoms with E-state index in [9.17, 15) is 9.59 Å². The molecule has 0 atom stereocenters. The summed E-state index contributed by atoms with van der Waals surface area (Å²) in [5, 5.41) is 0. The van der Waals surface area contributed by atoms with E-state index in [0.717, 1.165) is 22.3 Å². The van der Waals surface area contributed by atoms with Gasteiger partial charge >= 0.3 is 0 Å². The van der Waals surface area contributed by atoms with Gasteiger partial charge in [0.15, 0.2) is 11.6 Å². The Morgan fingerprint density at radius 3 is 1.31 bits per heavy atom. The van der Waals surface area contributed by atoms with Gasteiger partial charge in [-0.05, 0) is 50.0 Å². The van der Waals surface area contributed by atoms with Gasteiger partial charge in [0.1, 0.15) is 5.41 Å². The molecule has 1 spiro atoms. The highest BCUT2D eigenvalue weighted by Gasteiger charge is 2.62. The number of rotatable bonds is 0. The van der Waals surface area contributed by atoms with E-state index in [4.69, 9.17) is 0 Å². The second-order valence-corrected chi connectivity index (χ2v) is 3.91. The van der Waals surface area contributed by atoms with Gasteiger partial charge in [-0.3, -0.25) is 9.59 Å². The van der Waals surface area contributed by atoms with Gasteiger partial charge in [-0.15, -0.1) is 0 Å². The van der Waals surface area contributed by atoms with Crippen molar-refractivity contribution in [2.75, 3.05) is 0 Å². The summed E-state index contributed by atoms with van der Waals surface area (Å²) < 4.78 is 0. The highest BCUT2D eigenvalue weighted by atomic mass is 16.2. The molecular formula is C11H12O2. The molecular weight excluding hydrogens is 164 g/mol. The van der Waals surface area contributed by atoms with Crippen LogP contribution >= 0.6 is 0 Å². The fourth-order valence-corrected chi connectivity index (χ4v) is 2.41. The van der Waals surface area contributed by atoms with Gasteiger partial charge in [0, 0.05) is 0 Å². The number of allylic oxidation sites excluding steroid dienone is 4. The number of hydrogen-bond donors (Lipinski definition) is 0. The minimum Gasteiger partial charge on any atom is -0.293 e. The van der Waals surface area contributed by atoms with E-state index in [2.05, 4.69) is 0 Å². The summed E-state index contributed by atoms with van der Waals surface area (Å²) in [7, 11) is 0. The standard InChI is InChI=1S/C11H12O2/c1-5-7(3)11(9(5)12)8(4)6(2)10(11)13/h1-4H3. The van der Waals surface area contributed by atoms with Crippen LogP contribution in [0.4, 0.5) is 0 Å². The van der Waals surface area contributed by atoms with Crippen molar-refractivity contribution in [2.45, 2.75) is 27.7 Å². The SMILES string of the molecule is CC1=C(C)C2(C1=O)C(=O)C(C)=C2C. The Balaban J connectivity index is 2.64. The van der Waals surface area contributed by atoms with Crippen molar-refractivity contribution >= 4 is 11.6 Å². The van der Waals surface area contributed by atoms with E-state index in [1.165, 1.54) is 0 Å². The van der Waals surface area contributed by atoms with Gasteiger partial charge in [-0.25, -0.2) is 0 Å². The Morgan fingerprint density at radius 1 is 0.769 bits per heavy atom. The Hall–Kier alpha value is -1.18. The van der Waals surface area contributed by atoms with Crippen LogP contribution in [0.5, 0.6) is 0 Å². The topological polar surface area (TPSA) is 34.1 Å². The van der Waals surface area contributed by atoms with Gasteiger partial charge in [-0.1, -0.05) is 0 Å². The second kappa shape index (κ2) is 2.00. The predicted octanol–water partition coefficient (Wildman–Crippen LogP) is 1.81. The fraction of sp³-hybridized carbons (Fsp3) is 0.455. The molecule has 0 fully saturated rings. The van der Waals surface area contributed by atoms with Crippen LogP contribution in [0.25, 0.3) is 0 Å². The first-order valence-corrected chi connectivity index (χ1v) is 4.41. The molecule has 68 valence electrons. The number of hydrogen-bond acceptors (Lipinski definition) is 2. The maximum absolute atomic E-state index is 11.6. The van der Waals surface area contributed by atoms with Crippen LogP contribution in [-0.2, 0) is 9.59 Å². The summed E-state index contributed by atoms with van der Waals surface area (Å²) in [6.07, 6.45) is 0. The van der Waals surface area contributed by atoms with Gasteiger partial charge < -0.3 is 0 Å². The molecule has 0 amide bonds. The largest absolute Gasteiger partial charge is 0.293 e. The first-order valence-electron chi connectivity index (χ1n) is 4.41. The third-order valence-electron chi connectivity index (χ3n) is 3.61. The highest BCUT2D eigenvalue weighted by molar-refractivity contribution is 6.33. The van der Waals surface area contributed by atoms with Crippen LogP contribution < -0.4 is 0 Å². The molecule has 0 saturated heterocycles. The average molecular weight is 176 g/mol. The maximum atomic E-state index is 11.6. The zero-order chi connectivity index (χ0) is 9.96. The minimum atomic E-state index is -0.797. The fourth-order valence-electron chi connectivity index (χ4n) is 2.41. The monoisotopic (exact) mass is 176 g/mol. The lowest BCUT2D eigenvalue weighted by atomic mass is 9.50. The van der Waals surface area contributed by atoms with Gasteiger partial charge in [0.25, 0.3) is 0 Å². The molecule has 0 saturated carbocycles. The summed E-state index contributed by atoms with van der Waals surface area (Å²) in [4.78, 5) is 23.3. The number of Topliss-reactive ketones (excluding diaryl/α,β-unsaturated/α-hetero) is 2. The highest BCUT2D eigenvalue weighted by Crippen LogP contribution is 2.56. The lowest BCUT2D eigenvalue weighted by molar-refractivity contribution is -0.136. The van der Waals surface area contributed by atoms with E-state index in [1.54, 1.807) is 13.8 Å². The third-order valence-corrected chi connectivity index (χ3v) is 3.61. The van der Waals surface area contributed by atoms with Crippen LogP contribution in [0.15, 0.2) is 22.3 Å². The summed E-state index contributed by atoms with van der Waals surface area (Å²) in [5.74, 6) is 0.0243. The van der Waals surface area contributed by atoms with Crippen LogP contribution in [0.2, 0.25) is 0 Å². The van der Waals surface area contributed by atoms with Crippen molar-refractivity contribution in [3.63, 3.8) is 0 Å². The molecule has 0 aromatic heterocycles. The number of carbonyl (C=O) groups excluding carboxylic acids is 2. The lowest BCUT2D eigenvalue weighted by Crippen LogP contribution is -2.56. The van der Waals surface area contributed by atoms with E-state index in [-0.39, 0.29) is 11.6 Å². The van der Waals surface area contributed by atoms with E-state index in [1.807, 2.05) is 13.8 Å². The van der Waals surface area contributed by atoms with E-state index >= 15 is 0 Å². The molecule has 0 unspecified atom stereocenters. The van der Waals surface area contributed by atoms with Crippen molar-refractivity contribution in [2.24, 2.45) is 5.41 Å². The first kappa shape index (κ1) is 8.42. The zero-order valence-electron chi connectivity index (χ0n) is 8.32. The quantitative estimate of drug-likeness (QED) is 0.527. The van der Waals surface area contributed by atoms with Gasteiger partial charge in [-0.2, -0.15) is 0 Å². The van der Waals surface area contributed by atoms with Crippen LogP contribution in [0.1, 0.15) is 27.7 Å². The maximum Gasteiger partial charge on any atom is 0.180 e. The zero-order valence-corrected chi connectivity index (χ0v) is 8.32. The molecule has 2 rings (SSSR count).